The number of furan rings is 1. The van der Waals surface area contributed by atoms with Gasteiger partial charge in [0, 0.05) is 31.9 Å². The van der Waals surface area contributed by atoms with Crippen molar-refractivity contribution >= 4 is 17.5 Å². The minimum Gasteiger partial charge on any atom is -0.480 e. The maximum absolute atomic E-state index is 12.4. The molecule has 0 radical (unpaired) electrons. The first kappa shape index (κ1) is 17.4. The van der Waals surface area contributed by atoms with Gasteiger partial charge in [0.2, 0.25) is 5.88 Å². The number of carbonyl (C=O) groups excluding carboxylic acids is 1. The highest BCUT2D eigenvalue weighted by molar-refractivity contribution is 5.91. The first-order valence-corrected chi connectivity index (χ1v) is 8.83. The average Bonchev–Trinajstić information content (AvgIpc) is 3.27. The van der Waals surface area contributed by atoms with Crippen LogP contribution in [0.2, 0.25) is 0 Å². The maximum Gasteiger partial charge on any atom is 0.289 e. The molecule has 1 aromatic carbocycles. The fourth-order valence-corrected chi connectivity index (χ4v) is 3.45. The molecule has 0 aliphatic carbocycles. The standard InChI is InChI=1S/C19H22N4O4/c1-25-19-15-12-14(5-6-16(15)20-13-23(19)26-2)21-7-9-22(10-8-21)18(24)17-4-3-11-27-17/h3-6,11-12H,7-10,13H2,1-2H3. The summed E-state index contributed by atoms with van der Waals surface area (Å²) >= 11 is 0. The summed E-state index contributed by atoms with van der Waals surface area (Å²) in [5, 5.41) is 3.40. The normalized spacial score (nSPS) is 16.8. The van der Waals surface area contributed by atoms with Gasteiger partial charge >= 0.3 is 0 Å². The number of fused-ring (bicyclic) bond motifs is 1. The van der Waals surface area contributed by atoms with E-state index in [1.54, 1.807) is 31.4 Å². The topological polar surface area (TPSA) is 70.8 Å². The smallest absolute Gasteiger partial charge is 0.289 e. The van der Waals surface area contributed by atoms with E-state index >= 15 is 0 Å². The Kier molecular flexibility index (Phi) is 4.72. The number of amides is 1. The second-order valence-electron chi connectivity index (χ2n) is 6.33. The van der Waals surface area contributed by atoms with Gasteiger partial charge in [-0.3, -0.25) is 14.6 Å². The van der Waals surface area contributed by atoms with Crippen LogP contribution in [-0.2, 0) is 9.57 Å². The van der Waals surface area contributed by atoms with Gasteiger partial charge in [-0.1, -0.05) is 0 Å². The monoisotopic (exact) mass is 370 g/mol. The van der Waals surface area contributed by atoms with Crippen molar-refractivity contribution in [3.8, 4) is 0 Å². The molecule has 2 aliphatic rings. The molecular weight excluding hydrogens is 348 g/mol. The Hall–Kier alpha value is -3.00. The molecule has 0 atom stereocenters. The second kappa shape index (κ2) is 7.32. The second-order valence-corrected chi connectivity index (χ2v) is 6.33. The summed E-state index contributed by atoms with van der Waals surface area (Å²) in [6, 6.07) is 9.55. The number of hydroxylamine groups is 2. The van der Waals surface area contributed by atoms with Crippen molar-refractivity contribution in [2.45, 2.75) is 0 Å². The van der Waals surface area contributed by atoms with Crippen molar-refractivity contribution in [2.75, 3.05) is 52.0 Å². The fourth-order valence-electron chi connectivity index (χ4n) is 3.45. The van der Waals surface area contributed by atoms with Gasteiger partial charge in [-0.15, -0.1) is 0 Å². The molecule has 8 heteroatoms. The molecule has 8 nitrogen and oxygen atoms in total. The minimum absolute atomic E-state index is 0.0605. The van der Waals surface area contributed by atoms with Crippen molar-refractivity contribution in [1.82, 2.24) is 9.96 Å². The number of benzene rings is 1. The predicted molar refractivity (Wildman–Crippen MR) is 98.2 cm³/mol. The Balaban J connectivity index is 1.54. The number of rotatable bonds is 4. The highest BCUT2D eigenvalue weighted by Gasteiger charge is 2.24. The zero-order valence-corrected chi connectivity index (χ0v) is 15.4. The Morgan fingerprint density at radius 3 is 2.63 bits per heavy atom. The number of hydrogen-bond donors (Lipinski definition) is 0. The van der Waals surface area contributed by atoms with Crippen LogP contribution in [0.15, 0.2) is 46.0 Å². The predicted octanol–water partition coefficient (Wildman–Crippen LogP) is 0.408. The molecule has 1 amide bonds. The molecular formula is C19H22N4O4. The third-order valence-electron chi connectivity index (χ3n) is 4.88. The van der Waals surface area contributed by atoms with E-state index in [9.17, 15) is 4.79 Å². The van der Waals surface area contributed by atoms with Gasteiger partial charge in [0.1, 0.15) is 6.67 Å². The lowest BCUT2D eigenvalue weighted by atomic mass is 10.2. The summed E-state index contributed by atoms with van der Waals surface area (Å²) in [5.74, 6) is 0.975. The van der Waals surface area contributed by atoms with Crippen LogP contribution in [0.4, 0.5) is 5.69 Å². The fraction of sp³-hybridized carbons (Fsp3) is 0.368. The van der Waals surface area contributed by atoms with E-state index < -0.39 is 0 Å². The van der Waals surface area contributed by atoms with Crippen LogP contribution < -0.4 is 15.5 Å². The molecule has 3 heterocycles. The molecule has 1 fully saturated rings. The third kappa shape index (κ3) is 3.23. The molecule has 0 unspecified atom stereocenters. The summed E-state index contributed by atoms with van der Waals surface area (Å²) in [6.45, 7) is 3.19. The molecule has 2 aliphatic heterocycles. The molecule has 0 bridgehead atoms. The highest BCUT2D eigenvalue weighted by Crippen LogP contribution is 2.16. The number of nitrogens with zero attached hydrogens (tertiary/aromatic N) is 4. The molecule has 142 valence electrons. The molecule has 1 aromatic heterocycles. The largest absolute Gasteiger partial charge is 0.480 e. The Morgan fingerprint density at radius 1 is 1.15 bits per heavy atom. The molecule has 2 aromatic rings. The molecule has 4 rings (SSSR count). The molecule has 27 heavy (non-hydrogen) atoms. The summed E-state index contributed by atoms with van der Waals surface area (Å²) < 4.78 is 10.7. The first-order chi connectivity index (χ1) is 13.2. The zero-order valence-electron chi connectivity index (χ0n) is 15.4. The number of methoxy groups -OCH3 is 1. The van der Waals surface area contributed by atoms with E-state index in [0.717, 1.165) is 29.4 Å². The average molecular weight is 370 g/mol. The van der Waals surface area contributed by atoms with Gasteiger partial charge in [-0.2, -0.15) is 5.06 Å². The van der Waals surface area contributed by atoms with Crippen LogP contribution in [0.1, 0.15) is 10.6 Å². The van der Waals surface area contributed by atoms with Crippen molar-refractivity contribution in [3.63, 3.8) is 0 Å². The Morgan fingerprint density at radius 2 is 1.96 bits per heavy atom. The van der Waals surface area contributed by atoms with Gasteiger partial charge in [0.15, 0.2) is 5.76 Å². The summed E-state index contributed by atoms with van der Waals surface area (Å²) in [6.07, 6.45) is 1.52. The van der Waals surface area contributed by atoms with Crippen molar-refractivity contribution in [3.05, 3.63) is 52.9 Å². The van der Waals surface area contributed by atoms with Gasteiger partial charge in [0.05, 0.1) is 31.1 Å². The van der Waals surface area contributed by atoms with Gasteiger partial charge in [-0.05, 0) is 30.3 Å². The van der Waals surface area contributed by atoms with Crippen LogP contribution in [-0.4, -0.2) is 62.9 Å². The first-order valence-electron chi connectivity index (χ1n) is 8.83. The third-order valence-corrected chi connectivity index (χ3v) is 4.88. The number of piperazine rings is 1. The lowest BCUT2D eigenvalue weighted by Gasteiger charge is -2.36. The van der Waals surface area contributed by atoms with Gasteiger partial charge in [0.25, 0.3) is 5.91 Å². The van der Waals surface area contributed by atoms with E-state index in [-0.39, 0.29) is 5.91 Å². The summed E-state index contributed by atoms with van der Waals surface area (Å²) in [7, 11) is 3.22. The van der Waals surface area contributed by atoms with Crippen molar-refractivity contribution in [2.24, 2.45) is 4.99 Å². The Bertz CT molecular complexity index is 933. The van der Waals surface area contributed by atoms with E-state index in [2.05, 4.69) is 22.0 Å². The van der Waals surface area contributed by atoms with Crippen LogP contribution in [0.3, 0.4) is 0 Å². The van der Waals surface area contributed by atoms with Crippen LogP contribution in [0, 0.1) is 0 Å². The van der Waals surface area contributed by atoms with Crippen molar-refractivity contribution < 1.29 is 18.8 Å². The maximum atomic E-state index is 12.4. The summed E-state index contributed by atoms with van der Waals surface area (Å²) in [5.41, 5.74) is 1.07. The molecule has 0 N–H and O–H groups in total. The molecule has 1 saturated heterocycles. The Labute approximate surface area is 156 Å². The number of ether oxygens (including phenoxy) is 1. The number of carbonyl (C=O) groups is 1. The number of anilines is 1. The lowest BCUT2D eigenvalue weighted by Crippen LogP contribution is -2.49. The quantitative estimate of drug-likeness (QED) is 0.776. The van der Waals surface area contributed by atoms with Crippen molar-refractivity contribution in [1.29, 1.82) is 0 Å². The highest BCUT2D eigenvalue weighted by atomic mass is 16.7. The van der Waals surface area contributed by atoms with E-state index in [1.807, 2.05) is 11.0 Å². The van der Waals surface area contributed by atoms with Gasteiger partial charge in [-0.25, -0.2) is 0 Å². The molecule has 0 spiro atoms. The number of hydrogen-bond acceptors (Lipinski definition) is 7. The summed E-state index contributed by atoms with van der Waals surface area (Å²) in [4.78, 5) is 26.3. The van der Waals surface area contributed by atoms with Crippen LogP contribution in [0.5, 0.6) is 0 Å². The van der Waals surface area contributed by atoms with E-state index in [0.29, 0.717) is 31.4 Å². The van der Waals surface area contributed by atoms with Crippen LogP contribution in [0.25, 0.3) is 5.88 Å². The zero-order chi connectivity index (χ0) is 18.8. The lowest BCUT2D eigenvalue weighted by molar-refractivity contribution is -0.102. The van der Waals surface area contributed by atoms with Gasteiger partial charge < -0.3 is 19.0 Å². The SMILES string of the molecule is COC1=c2cc(N3CCN(C(=O)c4ccco4)CC3)ccc2=NCN1OC. The van der Waals surface area contributed by atoms with Crippen LogP contribution >= 0.6 is 0 Å². The van der Waals surface area contributed by atoms with E-state index in [1.165, 1.54) is 6.26 Å². The minimum atomic E-state index is -0.0605. The van der Waals surface area contributed by atoms with E-state index in [4.69, 9.17) is 14.0 Å². The molecule has 0 saturated carbocycles.